The summed E-state index contributed by atoms with van der Waals surface area (Å²) in [6.45, 7) is 0. The maximum Gasteiger partial charge on any atom is 0.0691 e. The number of hydrogen-bond acceptors (Lipinski definition) is 1. The largest absolute Gasteiger partial charge is 0.397 e. The molecular weight excluding hydrogens is 316 g/mol. The average molecular weight is 334 g/mol. The van der Waals surface area contributed by atoms with Crippen molar-refractivity contribution >= 4 is 27.5 Å². The van der Waals surface area contributed by atoms with Crippen LogP contribution in [0.3, 0.4) is 0 Å². The molecule has 0 bridgehead atoms. The highest BCUT2D eigenvalue weighted by molar-refractivity contribution is 6.10. The van der Waals surface area contributed by atoms with E-state index >= 15 is 0 Å². The number of hydrogen-bond donors (Lipinski definition) is 1. The fraction of sp³-hybridized carbons (Fsp3) is 0. The molecule has 0 aliphatic heterocycles. The highest BCUT2D eigenvalue weighted by atomic mass is 15.0. The SMILES string of the molecule is Nc1ccccc1-n1c2ccccc2c2cc(-c3ccccc3)ccc21. The highest BCUT2D eigenvalue weighted by Crippen LogP contribution is 2.35. The van der Waals surface area contributed by atoms with Crippen LogP contribution in [0.15, 0.2) is 97.1 Å². The molecule has 0 saturated carbocycles. The van der Waals surface area contributed by atoms with Crippen molar-refractivity contribution in [2.24, 2.45) is 0 Å². The van der Waals surface area contributed by atoms with Crippen LogP contribution < -0.4 is 5.73 Å². The average Bonchev–Trinajstić information content (AvgIpc) is 3.03. The van der Waals surface area contributed by atoms with Crippen LogP contribution in [0.2, 0.25) is 0 Å². The smallest absolute Gasteiger partial charge is 0.0691 e. The third kappa shape index (κ3) is 2.20. The van der Waals surface area contributed by atoms with Gasteiger partial charge in [0.15, 0.2) is 0 Å². The van der Waals surface area contributed by atoms with E-state index in [0.717, 1.165) is 11.4 Å². The van der Waals surface area contributed by atoms with Gasteiger partial charge in [-0.3, -0.25) is 0 Å². The maximum absolute atomic E-state index is 6.29. The molecule has 4 aromatic carbocycles. The van der Waals surface area contributed by atoms with Crippen LogP contribution in [0.5, 0.6) is 0 Å². The van der Waals surface area contributed by atoms with Crippen molar-refractivity contribution in [1.82, 2.24) is 4.57 Å². The topological polar surface area (TPSA) is 30.9 Å². The predicted molar refractivity (Wildman–Crippen MR) is 111 cm³/mol. The molecule has 2 heteroatoms. The molecule has 0 spiro atoms. The minimum absolute atomic E-state index is 0.780. The second-order valence-electron chi connectivity index (χ2n) is 6.51. The number of fused-ring (bicyclic) bond motifs is 3. The van der Waals surface area contributed by atoms with Crippen molar-refractivity contribution in [2.75, 3.05) is 5.73 Å². The van der Waals surface area contributed by atoms with Gasteiger partial charge >= 0.3 is 0 Å². The molecule has 0 saturated heterocycles. The summed E-state index contributed by atoms with van der Waals surface area (Å²) in [7, 11) is 0. The summed E-state index contributed by atoms with van der Waals surface area (Å²) in [4.78, 5) is 0. The van der Waals surface area contributed by atoms with Gasteiger partial charge in [0.25, 0.3) is 0 Å². The molecule has 1 heterocycles. The van der Waals surface area contributed by atoms with Crippen LogP contribution in [-0.2, 0) is 0 Å². The Kier molecular flexibility index (Phi) is 3.29. The van der Waals surface area contributed by atoms with Crippen molar-refractivity contribution in [3.05, 3.63) is 97.1 Å². The lowest BCUT2D eigenvalue weighted by atomic mass is 10.0. The molecule has 26 heavy (non-hydrogen) atoms. The highest BCUT2D eigenvalue weighted by Gasteiger charge is 2.14. The van der Waals surface area contributed by atoms with E-state index in [2.05, 4.69) is 77.4 Å². The van der Waals surface area contributed by atoms with E-state index in [-0.39, 0.29) is 0 Å². The fourth-order valence-corrected chi connectivity index (χ4v) is 3.73. The minimum Gasteiger partial charge on any atom is -0.397 e. The van der Waals surface area contributed by atoms with Crippen molar-refractivity contribution in [1.29, 1.82) is 0 Å². The van der Waals surface area contributed by atoms with Crippen molar-refractivity contribution in [3.63, 3.8) is 0 Å². The van der Waals surface area contributed by atoms with Gasteiger partial charge in [0.1, 0.15) is 0 Å². The monoisotopic (exact) mass is 334 g/mol. The van der Waals surface area contributed by atoms with E-state index in [9.17, 15) is 0 Å². The van der Waals surface area contributed by atoms with Crippen molar-refractivity contribution in [2.45, 2.75) is 0 Å². The lowest BCUT2D eigenvalue weighted by Gasteiger charge is -2.10. The van der Waals surface area contributed by atoms with Gasteiger partial charge < -0.3 is 10.3 Å². The number of anilines is 1. The van der Waals surface area contributed by atoms with Crippen LogP contribution in [0.1, 0.15) is 0 Å². The summed E-state index contributed by atoms with van der Waals surface area (Å²) in [5, 5.41) is 2.48. The first-order valence-electron chi connectivity index (χ1n) is 8.76. The summed E-state index contributed by atoms with van der Waals surface area (Å²) in [5.41, 5.74) is 12.9. The minimum atomic E-state index is 0.780. The second-order valence-corrected chi connectivity index (χ2v) is 6.51. The number of rotatable bonds is 2. The Bertz CT molecular complexity index is 1230. The van der Waals surface area contributed by atoms with Crippen molar-refractivity contribution < 1.29 is 0 Å². The zero-order valence-corrected chi connectivity index (χ0v) is 14.3. The van der Waals surface area contributed by atoms with Crippen LogP contribution in [-0.4, -0.2) is 4.57 Å². The molecule has 0 fully saturated rings. The van der Waals surface area contributed by atoms with Gasteiger partial charge in [-0.05, 0) is 41.5 Å². The fourth-order valence-electron chi connectivity index (χ4n) is 3.73. The lowest BCUT2D eigenvalue weighted by molar-refractivity contribution is 1.18. The standard InChI is InChI=1S/C24H18N2/c25-21-11-5-7-13-24(21)26-22-12-6-4-10-19(22)20-16-18(14-15-23(20)26)17-8-2-1-3-9-17/h1-16H,25H2. The van der Waals surface area contributed by atoms with E-state index in [1.54, 1.807) is 0 Å². The normalized spacial score (nSPS) is 11.2. The lowest BCUT2D eigenvalue weighted by Crippen LogP contribution is -1.98. The molecule has 0 amide bonds. The Morgan fingerprint density at radius 1 is 0.538 bits per heavy atom. The molecule has 2 nitrogen and oxygen atoms in total. The summed E-state index contributed by atoms with van der Waals surface area (Å²) in [6, 6.07) is 33.7. The Balaban J connectivity index is 1.87. The molecule has 5 aromatic rings. The number of aromatic nitrogens is 1. The first-order valence-corrected chi connectivity index (χ1v) is 8.76. The first-order chi connectivity index (χ1) is 12.8. The van der Waals surface area contributed by atoms with Gasteiger partial charge in [0.05, 0.1) is 22.4 Å². The molecule has 2 N–H and O–H groups in total. The van der Waals surface area contributed by atoms with E-state index in [1.807, 2.05) is 24.3 Å². The first kappa shape index (κ1) is 14.8. The van der Waals surface area contributed by atoms with Crippen molar-refractivity contribution in [3.8, 4) is 16.8 Å². The van der Waals surface area contributed by atoms with Crippen LogP contribution >= 0.6 is 0 Å². The van der Waals surface area contributed by atoms with Gasteiger partial charge in [-0.2, -0.15) is 0 Å². The van der Waals surface area contributed by atoms with Gasteiger partial charge in [-0.1, -0.05) is 66.7 Å². The number of nitrogens with zero attached hydrogens (tertiary/aromatic N) is 1. The molecule has 0 radical (unpaired) electrons. The summed E-state index contributed by atoms with van der Waals surface area (Å²) in [6.07, 6.45) is 0. The van der Waals surface area contributed by atoms with Crippen LogP contribution in [0.4, 0.5) is 5.69 Å². The van der Waals surface area contributed by atoms with E-state index in [1.165, 1.54) is 32.9 Å². The quantitative estimate of drug-likeness (QED) is 0.392. The Morgan fingerprint density at radius 3 is 2.08 bits per heavy atom. The van der Waals surface area contributed by atoms with Gasteiger partial charge in [0.2, 0.25) is 0 Å². The molecule has 1 aromatic heterocycles. The molecule has 124 valence electrons. The Hall–Kier alpha value is -3.52. The second kappa shape index (κ2) is 5.78. The third-order valence-electron chi connectivity index (χ3n) is 4.96. The molecule has 0 unspecified atom stereocenters. The molecular formula is C24H18N2. The molecule has 0 aliphatic carbocycles. The third-order valence-corrected chi connectivity index (χ3v) is 4.96. The summed E-state index contributed by atoms with van der Waals surface area (Å²) >= 11 is 0. The molecule has 0 aliphatic rings. The predicted octanol–water partition coefficient (Wildman–Crippen LogP) is 6.03. The van der Waals surface area contributed by atoms with Crippen LogP contribution in [0.25, 0.3) is 38.6 Å². The maximum atomic E-state index is 6.29. The van der Waals surface area contributed by atoms with Gasteiger partial charge in [-0.25, -0.2) is 0 Å². The van der Waals surface area contributed by atoms with Gasteiger partial charge in [0, 0.05) is 10.8 Å². The number of para-hydroxylation sites is 3. The zero-order valence-electron chi connectivity index (χ0n) is 14.3. The Morgan fingerprint density at radius 2 is 1.23 bits per heavy atom. The molecule has 0 atom stereocenters. The zero-order chi connectivity index (χ0) is 17.5. The van der Waals surface area contributed by atoms with E-state index < -0.39 is 0 Å². The van der Waals surface area contributed by atoms with Gasteiger partial charge in [-0.15, -0.1) is 0 Å². The number of nitrogens with two attached hydrogens (primary N) is 1. The summed E-state index contributed by atoms with van der Waals surface area (Å²) < 4.78 is 2.26. The van der Waals surface area contributed by atoms with E-state index in [4.69, 9.17) is 5.73 Å². The Labute approximate surface area is 152 Å². The van der Waals surface area contributed by atoms with Crippen LogP contribution in [0, 0.1) is 0 Å². The number of nitrogen functional groups attached to an aromatic ring is 1. The number of benzene rings is 4. The van der Waals surface area contributed by atoms with E-state index in [0.29, 0.717) is 0 Å². The summed E-state index contributed by atoms with van der Waals surface area (Å²) in [5.74, 6) is 0. The molecule has 5 rings (SSSR count).